The van der Waals surface area contributed by atoms with Crippen LogP contribution in [0.4, 0.5) is 0 Å². The molecule has 0 saturated carbocycles. The number of carboxylic acids is 1. The molecule has 1 aliphatic carbocycles. The summed E-state index contributed by atoms with van der Waals surface area (Å²) in [6, 6.07) is 0. The first-order valence-electron chi connectivity index (χ1n) is 3.44. The summed E-state index contributed by atoms with van der Waals surface area (Å²) in [6.45, 7) is 0. The van der Waals surface area contributed by atoms with E-state index < -0.39 is 17.4 Å². The summed E-state index contributed by atoms with van der Waals surface area (Å²) in [4.78, 5) is 10.4. The van der Waals surface area contributed by atoms with Gasteiger partial charge in [0.15, 0.2) is 11.4 Å². The summed E-state index contributed by atoms with van der Waals surface area (Å²) >= 11 is 0. The van der Waals surface area contributed by atoms with Crippen LogP contribution >= 0.6 is 0 Å². The molecule has 0 fully saturated rings. The van der Waals surface area contributed by atoms with E-state index in [9.17, 15) is 15.0 Å². The molecule has 0 aromatic rings. The zero-order valence-electron chi connectivity index (χ0n) is 6.64. The van der Waals surface area contributed by atoms with Crippen molar-refractivity contribution in [2.75, 3.05) is 0 Å². The van der Waals surface area contributed by atoms with E-state index in [4.69, 9.17) is 16.6 Å². The Kier molecular flexibility index (Phi) is 2.01. The quantitative estimate of drug-likeness (QED) is 0.297. The van der Waals surface area contributed by atoms with Gasteiger partial charge in [-0.15, -0.1) is 0 Å². The molecule has 0 bridgehead atoms. The van der Waals surface area contributed by atoms with Crippen LogP contribution in [0.2, 0.25) is 0 Å². The zero-order valence-corrected chi connectivity index (χ0v) is 6.64. The van der Waals surface area contributed by atoms with Crippen LogP contribution in [0.5, 0.6) is 0 Å². The van der Waals surface area contributed by atoms with Gasteiger partial charge in [-0.3, -0.25) is 11.5 Å². The first-order chi connectivity index (χ1) is 5.76. The third-order valence-corrected chi connectivity index (χ3v) is 1.78. The van der Waals surface area contributed by atoms with Crippen molar-refractivity contribution in [2.45, 2.75) is 11.4 Å². The van der Waals surface area contributed by atoms with E-state index in [0.29, 0.717) is 0 Å². The van der Waals surface area contributed by atoms with Crippen molar-refractivity contribution in [3.8, 4) is 0 Å². The third-order valence-electron chi connectivity index (χ3n) is 1.78. The third kappa shape index (κ3) is 1.61. The first kappa shape index (κ1) is 9.87. The average Bonchev–Trinajstić information content (AvgIpc) is 1.94. The second-order valence-electron chi connectivity index (χ2n) is 2.89. The van der Waals surface area contributed by atoms with Gasteiger partial charge in [0.1, 0.15) is 0 Å². The average molecular weight is 186 g/mol. The highest BCUT2D eigenvalue weighted by Gasteiger charge is 2.42. The van der Waals surface area contributed by atoms with E-state index in [-0.39, 0.29) is 5.57 Å². The van der Waals surface area contributed by atoms with Gasteiger partial charge in [-0.1, -0.05) is 0 Å². The minimum atomic E-state index is -2.27. The van der Waals surface area contributed by atoms with Crippen LogP contribution in [0.1, 0.15) is 0 Å². The van der Waals surface area contributed by atoms with Crippen molar-refractivity contribution in [1.82, 2.24) is 0 Å². The van der Waals surface area contributed by atoms with E-state index in [1.165, 1.54) is 0 Å². The summed E-state index contributed by atoms with van der Waals surface area (Å²) in [5.74, 6) is -1.25. The number of aliphatic carboxylic acids is 1. The van der Waals surface area contributed by atoms with Crippen molar-refractivity contribution in [3.63, 3.8) is 0 Å². The summed E-state index contributed by atoms with van der Waals surface area (Å²) in [5.41, 5.74) is 5.71. The van der Waals surface area contributed by atoms with Gasteiger partial charge in [0, 0.05) is 0 Å². The number of rotatable bonds is 1. The van der Waals surface area contributed by atoms with Gasteiger partial charge >= 0.3 is 5.97 Å². The number of aliphatic hydroxyl groups is 2. The molecule has 0 aliphatic heterocycles. The van der Waals surface area contributed by atoms with Crippen molar-refractivity contribution >= 4 is 5.97 Å². The molecule has 72 valence electrons. The van der Waals surface area contributed by atoms with Gasteiger partial charge < -0.3 is 15.3 Å². The van der Waals surface area contributed by atoms with Gasteiger partial charge in [-0.05, 0) is 18.2 Å². The highest BCUT2D eigenvalue weighted by atomic mass is 16.4. The molecule has 0 radical (unpaired) electrons. The topological polar surface area (TPSA) is 130 Å². The van der Waals surface area contributed by atoms with Crippen molar-refractivity contribution in [3.05, 3.63) is 23.8 Å². The number of carboxylic acid groups (broad SMARTS) is 1. The summed E-state index contributed by atoms with van der Waals surface area (Å²) in [7, 11) is 0. The van der Waals surface area contributed by atoms with Gasteiger partial charge in [0.25, 0.3) is 0 Å². The Morgan fingerprint density at radius 2 is 1.85 bits per heavy atom. The number of carbonyl (C=O) groups is 1. The Balaban J connectivity index is 3.09. The predicted octanol–water partition coefficient (Wildman–Crippen LogP) is -2.14. The minimum Gasteiger partial charge on any atom is -0.478 e. The molecule has 7 N–H and O–H groups in total. The van der Waals surface area contributed by atoms with Crippen molar-refractivity contribution in [2.24, 2.45) is 11.5 Å². The van der Waals surface area contributed by atoms with E-state index in [1.54, 1.807) is 0 Å². The maximum Gasteiger partial charge on any atom is 0.335 e. The van der Waals surface area contributed by atoms with E-state index in [1.807, 2.05) is 0 Å². The second kappa shape index (κ2) is 2.64. The molecule has 0 aromatic carbocycles. The Morgan fingerprint density at radius 3 is 2.23 bits per heavy atom. The lowest BCUT2D eigenvalue weighted by molar-refractivity contribution is -0.133. The molecular weight excluding hydrogens is 176 g/mol. The Labute approximate surface area is 73.8 Å². The van der Waals surface area contributed by atoms with Crippen LogP contribution in [0.15, 0.2) is 23.8 Å². The first-order valence-corrected chi connectivity index (χ1v) is 3.44. The molecule has 6 heteroatoms. The highest BCUT2D eigenvalue weighted by molar-refractivity contribution is 5.90. The molecule has 6 nitrogen and oxygen atoms in total. The van der Waals surface area contributed by atoms with E-state index in [2.05, 4.69) is 0 Å². The van der Waals surface area contributed by atoms with Crippen molar-refractivity contribution in [1.29, 1.82) is 0 Å². The SMILES string of the molecule is NC1(O)C=CC(C(=O)O)=CC1(N)O. The van der Waals surface area contributed by atoms with E-state index in [0.717, 1.165) is 18.2 Å². The lowest BCUT2D eigenvalue weighted by Crippen LogP contribution is -2.65. The van der Waals surface area contributed by atoms with Crippen LogP contribution in [-0.2, 0) is 4.79 Å². The minimum absolute atomic E-state index is 0.222. The van der Waals surface area contributed by atoms with Gasteiger partial charge in [-0.2, -0.15) is 0 Å². The van der Waals surface area contributed by atoms with Crippen molar-refractivity contribution < 1.29 is 20.1 Å². The molecule has 0 heterocycles. The van der Waals surface area contributed by atoms with Crippen LogP contribution in [0, 0.1) is 0 Å². The lowest BCUT2D eigenvalue weighted by atomic mass is 9.92. The Morgan fingerprint density at radius 1 is 1.31 bits per heavy atom. The Bertz CT molecular complexity index is 304. The highest BCUT2D eigenvalue weighted by Crippen LogP contribution is 2.22. The number of nitrogens with two attached hydrogens (primary N) is 2. The fourth-order valence-corrected chi connectivity index (χ4v) is 0.884. The van der Waals surface area contributed by atoms with Crippen LogP contribution < -0.4 is 11.5 Å². The number of hydrogen-bond acceptors (Lipinski definition) is 5. The molecule has 0 amide bonds. The summed E-state index contributed by atoms with van der Waals surface area (Å²) < 4.78 is 0. The summed E-state index contributed by atoms with van der Waals surface area (Å²) in [6.07, 6.45) is 2.79. The van der Waals surface area contributed by atoms with E-state index >= 15 is 0 Å². The largest absolute Gasteiger partial charge is 0.478 e. The van der Waals surface area contributed by atoms with Crippen LogP contribution in [-0.4, -0.2) is 32.7 Å². The normalized spacial score (nSPS) is 38.6. The van der Waals surface area contributed by atoms with Gasteiger partial charge in [0.2, 0.25) is 0 Å². The van der Waals surface area contributed by atoms with Gasteiger partial charge in [0.05, 0.1) is 5.57 Å². The standard InChI is InChI=1S/C7H10N2O4/c8-6(12)2-1-4(5(10)11)3-7(6,9)13/h1-3,12-13H,8-9H2,(H,10,11). The smallest absolute Gasteiger partial charge is 0.335 e. The van der Waals surface area contributed by atoms with Crippen LogP contribution in [0.25, 0.3) is 0 Å². The van der Waals surface area contributed by atoms with Gasteiger partial charge in [-0.25, -0.2) is 4.79 Å². The molecule has 0 saturated heterocycles. The lowest BCUT2D eigenvalue weighted by Gasteiger charge is -2.35. The molecule has 2 atom stereocenters. The Hall–Kier alpha value is -1.21. The molecule has 0 spiro atoms. The fourth-order valence-electron chi connectivity index (χ4n) is 0.884. The maximum absolute atomic E-state index is 10.4. The molecular formula is C7H10N2O4. The second-order valence-corrected chi connectivity index (χ2v) is 2.89. The van der Waals surface area contributed by atoms with Crippen LogP contribution in [0.3, 0.4) is 0 Å². The predicted molar refractivity (Wildman–Crippen MR) is 43.1 cm³/mol. The molecule has 2 unspecified atom stereocenters. The fraction of sp³-hybridized carbons (Fsp3) is 0.286. The zero-order chi connectivity index (χ0) is 10.3. The molecule has 0 aromatic heterocycles. The number of hydrogen-bond donors (Lipinski definition) is 5. The summed E-state index contributed by atoms with van der Waals surface area (Å²) in [5, 5.41) is 27.1. The maximum atomic E-state index is 10.4. The molecule has 1 rings (SSSR count). The monoisotopic (exact) mass is 186 g/mol. The molecule has 1 aliphatic rings. The molecule has 13 heavy (non-hydrogen) atoms.